The lowest BCUT2D eigenvalue weighted by Crippen LogP contribution is -2.31. The summed E-state index contributed by atoms with van der Waals surface area (Å²) < 4.78 is 0. The first-order valence-corrected chi connectivity index (χ1v) is 5.48. The van der Waals surface area contributed by atoms with E-state index in [1.54, 1.807) is 19.9 Å². The summed E-state index contributed by atoms with van der Waals surface area (Å²) in [5, 5.41) is 10.7. The van der Waals surface area contributed by atoms with Crippen molar-refractivity contribution in [2.24, 2.45) is 0 Å². The van der Waals surface area contributed by atoms with E-state index in [0.717, 1.165) is 0 Å². The van der Waals surface area contributed by atoms with E-state index in [0.29, 0.717) is 17.7 Å². The van der Waals surface area contributed by atoms with E-state index in [9.17, 15) is 14.9 Å². The highest BCUT2D eigenvalue weighted by atomic mass is 16.6. The van der Waals surface area contributed by atoms with E-state index in [2.05, 4.69) is 5.92 Å². The molecule has 5 nitrogen and oxygen atoms in total. The number of carbonyl (C=O) groups excluding carboxylic acids is 1. The van der Waals surface area contributed by atoms with Gasteiger partial charge in [-0.3, -0.25) is 14.9 Å². The summed E-state index contributed by atoms with van der Waals surface area (Å²) in [4.78, 5) is 23.8. The molecule has 0 radical (unpaired) electrons. The maximum absolute atomic E-state index is 12.1. The number of carbonyl (C=O) groups is 1. The van der Waals surface area contributed by atoms with Crippen LogP contribution in [0, 0.1) is 29.4 Å². The van der Waals surface area contributed by atoms with Gasteiger partial charge in [-0.15, -0.1) is 6.42 Å². The van der Waals surface area contributed by atoms with Crippen LogP contribution in [0.25, 0.3) is 0 Å². The topological polar surface area (TPSA) is 63.5 Å². The van der Waals surface area contributed by atoms with E-state index in [4.69, 9.17) is 6.42 Å². The Labute approximate surface area is 106 Å². The first-order valence-electron chi connectivity index (χ1n) is 5.48. The maximum atomic E-state index is 12.1. The fourth-order valence-electron chi connectivity index (χ4n) is 1.61. The average molecular weight is 246 g/mol. The third-order valence-electron chi connectivity index (χ3n) is 2.47. The molecule has 1 amide bonds. The van der Waals surface area contributed by atoms with Gasteiger partial charge >= 0.3 is 0 Å². The molecule has 0 aliphatic heterocycles. The highest BCUT2D eigenvalue weighted by Crippen LogP contribution is 2.18. The smallest absolute Gasteiger partial charge is 0.270 e. The molecule has 0 unspecified atom stereocenters. The molecular weight excluding hydrogens is 232 g/mol. The molecule has 18 heavy (non-hydrogen) atoms. The zero-order chi connectivity index (χ0) is 13.7. The summed E-state index contributed by atoms with van der Waals surface area (Å²) in [6, 6.07) is 4.32. The van der Waals surface area contributed by atoms with Crippen molar-refractivity contribution < 1.29 is 9.72 Å². The fraction of sp³-hybridized carbons (Fsp3) is 0.308. The fourth-order valence-corrected chi connectivity index (χ4v) is 1.61. The standard InChI is InChI=1S/C13H14N2O3/c1-4-6-14(5-2)13(16)11-7-10(3)8-12(9-11)15(17)18/h1,7-9H,5-6H2,2-3H3. The van der Waals surface area contributed by atoms with Crippen LogP contribution in [0.3, 0.4) is 0 Å². The van der Waals surface area contributed by atoms with Gasteiger partial charge in [-0.25, -0.2) is 0 Å². The summed E-state index contributed by atoms with van der Waals surface area (Å²) >= 11 is 0. The lowest BCUT2D eigenvalue weighted by Gasteiger charge is -2.18. The first-order chi connectivity index (χ1) is 8.49. The number of hydrogen-bond acceptors (Lipinski definition) is 3. The van der Waals surface area contributed by atoms with E-state index < -0.39 is 4.92 Å². The van der Waals surface area contributed by atoms with Crippen LogP contribution in [0.5, 0.6) is 0 Å². The predicted molar refractivity (Wildman–Crippen MR) is 68.2 cm³/mol. The molecule has 1 aromatic rings. The van der Waals surface area contributed by atoms with Crippen LogP contribution in [-0.4, -0.2) is 28.8 Å². The largest absolute Gasteiger partial charge is 0.328 e. The Morgan fingerprint density at radius 2 is 2.17 bits per heavy atom. The maximum Gasteiger partial charge on any atom is 0.270 e. The number of benzene rings is 1. The summed E-state index contributed by atoms with van der Waals surface area (Å²) in [6.07, 6.45) is 5.18. The van der Waals surface area contributed by atoms with Crippen LogP contribution in [0.4, 0.5) is 5.69 Å². The number of non-ortho nitro benzene ring substituents is 1. The van der Waals surface area contributed by atoms with Gasteiger partial charge in [-0.1, -0.05) is 5.92 Å². The van der Waals surface area contributed by atoms with Crippen molar-refractivity contribution in [1.82, 2.24) is 4.90 Å². The Bertz CT molecular complexity index is 517. The molecule has 94 valence electrons. The number of nitrogens with zero attached hydrogens (tertiary/aromatic N) is 2. The van der Waals surface area contributed by atoms with Gasteiger partial charge in [-0.2, -0.15) is 0 Å². The number of aryl methyl sites for hydroxylation is 1. The van der Waals surface area contributed by atoms with Gasteiger partial charge in [-0.05, 0) is 25.5 Å². The number of amides is 1. The molecule has 0 heterocycles. The van der Waals surface area contributed by atoms with E-state index in [-0.39, 0.29) is 18.1 Å². The molecule has 0 fully saturated rings. The molecule has 1 aromatic carbocycles. The minimum absolute atomic E-state index is 0.0879. The van der Waals surface area contributed by atoms with Crippen LogP contribution < -0.4 is 0 Å². The summed E-state index contributed by atoms with van der Waals surface area (Å²) in [5.41, 5.74) is 0.873. The molecule has 0 spiro atoms. The van der Waals surface area contributed by atoms with E-state index in [1.165, 1.54) is 17.0 Å². The van der Waals surface area contributed by atoms with Crippen LogP contribution in [0.2, 0.25) is 0 Å². The van der Waals surface area contributed by atoms with Gasteiger partial charge in [0.25, 0.3) is 11.6 Å². The van der Waals surface area contributed by atoms with Crippen molar-refractivity contribution in [2.45, 2.75) is 13.8 Å². The second-order valence-corrected chi connectivity index (χ2v) is 3.84. The molecule has 1 rings (SSSR count). The molecule has 0 atom stereocenters. The van der Waals surface area contributed by atoms with Crippen LogP contribution in [0.15, 0.2) is 18.2 Å². The number of terminal acetylenes is 1. The van der Waals surface area contributed by atoms with Crippen LogP contribution >= 0.6 is 0 Å². The Hall–Kier alpha value is -2.35. The lowest BCUT2D eigenvalue weighted by atomic mass is 10.1. The lowest BCUT2D eigenvalue weighted by molar-refractivity contribution is -0.384. The molecule has 0 bridgehead atoms. The molecular formula is C13H14N2O3. The summed E-state index contributed by atoms with van der Waals surface area (Å²) in [6.45, 7) is 4.17. The summed E-state index contributed by atoms with van der Waals surface area (Å²) in [5.74, 6) is 2.10. The Balaban J connectivity index is 3.13. The number of rotatable bonds is 4. The second-order valence-electron chi connectivity index (χ2n) is 3.84. The van der Waals surface area contributed by atoms with Gasteiger partial charge in [0.15, 0.2) is 0 Å². The predicted octanol–water partition coefficient (Wildman–Crippen LogP) is 2.00. The molecule has 0 aromatic heterocycles. The second kappa shape index (κ2) is 5.82. The Morgan fingerprint density at radius 1 is 1.50 bits per heavy atom. The van der Waals surface area contributed by atoms with Gasteiger partial charge in [0, 0.05) is 24.2 Å². The minimum Gasteiger partial charge on any atom is -0.328 e. The van der Waals surface area contributed by atoms with Crippen molar-refractivity contribution in [3.05, 3.63) is 39.4 Å². The first kappa shape index (κ1) is 13.7. The van der Waals surface area contributed by atoms with Crippen LogP contribution in [-0.2, 0) is 0 Å². The molecule has 0 N–H and O–H groups in total. The van der Waals surface area contributed by atoms with Gasteiger partial charge in [0.2, 0.25) is 0 Å². The van der Waals surface area contributed by atoms with E-state index in [1.807, 2.05) is 0 Å². The molecule has 0 saturated carbocycles. The van der Waals surface area contributed by atoms with E-state index >= 15 is 0 Å². The number of hydrogen-bond donors (Lipinski definition) is 0. The van der Waals surface area contributed by atoms with Crippen molar-refractivity contribution in [2.75, 3.05) is 13.1 Å². The van der Waals surface area contributed by atoms with Crippen molar-refractivity contribution in [1.29, 1.82) is 0 Å². The van der Waals surface area contributed by atoms with Gasteiger partial charge in [0.05, 0.1) is 11.5 Å². The van der Waals surface area contributed by atoms with Crippen molar-refractivity contribution in [3.8, 4) is 12.3 Å². The molecule has 0 saturated heterocycles. The minimum atomic E-state index is -0.513. The third kappa shape index (κ3) is 3.08. The quantitative estimate of drug-likeness (QED) is 0.463. The Kier molecular flexibility index (Phi) is 4.44. The third-order valence-corrected chi connectivity index (χ3v) is 2.47. The molecule has 0 aliphatic carbocycles. The molecule has 0 aliphatic rings. The SMILES string of the molecule is C#CCN(CC)C(=O)c1cc(C)cc([N+](=O)[O-])c1. The van der Waals surface area contributed by atoms with Crippen LogP contribution in [0.1, 0.15) is 22.8 Å². The Morgan fingerprint density at radius 3 is 2.67 bits per heavy atom. The zero-order valence-electron chi connectivity index (χ0n) is 10.3. The highest BCUT2D eigenvalue weighted by molar-refractivity contribution is 5.95. The monoisotopic (exact) mass is 246 g/mol. The average Bonchev–Trinajstić information content (AvgIpc) is 2.34. The number of nitro groups is 1. The van der Waals surface area contributed by atoms with Gasteiger partial charge < -0.3 is 4.90 Å². The number of nitro benzene ring substituents is 1. The summed E-state index contributed by atoms with van der Waals surface area (Å²) in [7, 11) is 0. The normalized spacial score (nSPS) is 9.61. The molecule has 5 heteroatoms. The van der Waals surface area contributed by atoms with Crippen molar-refractivity contribution in [3.63, 3.8) is 0 Å². The highest BCUT2D eigenvalue weighted by Gasteiger charge is 2.17. The zero-order valence-corrected chi connectivity index (χ0v) is 10.3. The van der Waals surface area contributed by atoms with Crippen molar-refractivity contribution >= 4 is 11.6 Å². The van der Waals surface area contributed by atoms with Gasteiger partial charge in [0.1, 0.15) is 0 Å².